The third-order valence-corrected chi connectivity index (χ3v) is 3.69. The van der Waals surface area contributed by atoms with Crippen LogP contribution in [0.1, 0.15) is 26.3 Å². The number of benzene rings is 2. The molecule has 0 fully saturated rings. The van der Waals surface area contributed by atoms with Crippen LogP contribution < -0.4 is 25.1 Å². The minimum atomic E-state index is -0.490. The van der Waals surface area contributed by atoms with Gasteiger partial charge in [-0.1, -0.05) is 17.7 Å². The number of carbonyl (C=O) groups excluding carboxylic acids is 2. The van der Waals surface area contributed by atoms with Gasteiger partial charge in [-0.2, -0.15) is 0 Å². The minimum Gasteiger partial charge on any atom is -0.493 e. The van der Waals surface area contributed by atoms with Crippen molar-refractivity contribution in [2.24, 2.45) is 0 Å². The van der Waals surface area contributed by atoms with Crippen LogP contribution >= 0.6 is 0 Å². The lowest BCUT2D eigenvalue weighted by atomic mass is 10.1. The number of aryl methyl sites for hydroxylation is 1. The zero-order chi connectivity index (χ0) is 17.8. The summed E-state index contributed by atoms with van der Waals surface area (Å²) in [6.45, 7) is 2.74. The molecule has 0 aliphatic carbocycles. The molecule has 7 nitrogen and oxygen atoms in total. The van der Waals surface area contributed by atoms with Crippen molar-refractivity contribution >= 4 is 11.8 Å². The molecule has 0 radical (unpaired) electrons. The first-order chi connectivity index (χ1) is 12.1. The van der Waals surface area contributed by atoms with Crippen LogP contribution in [0.2, 0.25) is 0 Å². The minimum absolute atomic E-state index is 0.283. The molecule has 0 unspecified atom stereocenters. The summed E-state index contributed by atoms with van der Waals surface area (Å²) in [6.07, 6.45) is 0. The average molecular weight is 342 g/mol. The largest absolute Gasteiger partial charge is 0.493 e. The average Bonchev–Trinajstić information content (AvgIpc) is 2.65. The molecule has 25 heavy (non-hydrogen) atoms. The lowest BCUT2D eigenvalue weighted by molar-refractivity contribution is 0.0846. The first-order valence-electron chi connectivity index (χ1n) is 7.73. The van der Waals surface area contributed by atoms with E-state index < -0.39 is 11.8 Å². The maximum atomic E-state index is 12.3. The van der Waals surface area contributed by atoms with Crippen molar-refractivity contribution in [3.8, 4) is 17.2 Å². The van der Waals surface area contributed by atoms with Crippen LogP contribution in [0.5, 0.6) is 17.2 Å². The zero-order valence-electron chi connectivity index (χ0n) is 13.9. The number of fused-ring (bicyclic) bond motifs is 1. The van der Waals surface area contributed by atoms with Crippen molar-refractivity contribution < 1.29 is 23.8 Å². The summed E-state index contributed by atoms with van der Waals surface area (Å²) in [6, 6.07) is 10.1. The highest BCUT2D eigenvalue weighted by Crippen LogP contribution is 2.40. The number of hydrogen-bond donors (Lipinski definition) is 2. The van der Waals surface area contributed by atoms with Gasteiger partial charge in [0.15, 0.2) is 11.5 Å². The Labute approximate surface area is 144 Å². The number of rotatable bonds is 3. The molecule has 0 saturated carbocycles. The molecule has 0 aromatic heterocycles. The Balaban J connectivity index is 1.71. The Morgan fingerprint density at radius 3 is 2.28 bits per heavy atom. The van der Waals surface area contributed by atoms with E-state index in [0.717, 1.165) is 5.56 Å². The molecule has 2 aromatic rings. The molecule has 2 N–H and O–H groups in total. The summed E-state index contributed by atoms with van der Waals surface area (Å²) in [4.78, 5) is 24.4. The van der Waals surface area contributed by atoms with Gasteiger partial charge in [0.25, 0.3) is 11.8 Å². The van der Waals surface area contributed by atoms with Crippen LogP contribution in [0.4, 0.5) is 0 Å². The van der Waals surface area contributed by atoms with Gasteiger partial charge in [-0.15, -0.1) is 0 Å². The van der Waals surface area contributed by atoms with Gasteiger partial charge in [0.1, 0.15) is 13.2 Å². The summed E-state index contributed by atoms with van der Waals surface area (Å²) in [5.41, 5.74) is 6.54. The van der Waals surface area contributed by atoms with Crippen molar-refractivity contribution in [3.05, 3.63) is 53.1 Å². The number of amides is 2. The molecule has 1 aliphatic rings. The summed E-state index contributed by atoms with van der Waals surface area (Å²) in [7, 11) is 1.48. The first-order valence-corrected chi connectivity index (χ1v) is 7.73. The van der Waals surface area contributed by atoms with Crippen LogP contribution in [0.25, 0.3) is 0 Å². The van der Waals surface area contributed by atoms with Crippen molar-refractivity contribution in [3.63, 3.8) is 0 Å². The fourth-order valence-corrected chi connectivity index (χ4v) is 2.37. The van der Waals surface area contributed by atoms with E-state index in [1.165, 1.54) is 13.2 Å². The molecule has 1 heterocycles. The molecule has 0 bridgehead atoms. The van der Waals surface area contributed by atoms with Gasteiger partial charge in [-0.25, -0.2) is 0 Å². The Bertz CT molecular complexity index is 785. The van der Waals surface area contributed by atoms with E-state index in [4.69, 9.17) is 14.2 Å². The predicted octanol–water partition coefficient (Wildman–Crippen LogP) is 1.85. The molecule has 1 aliphatic heterocycles. The lowest BCUT2D eigenvalue weighted by Gasteiger charge is -2.21. The normalized spacial score (nSPS) is 12.2. The summed E-state index contributed by atoms with van der Waals surface area (Å²) in [5, 5.41) is 0. The van der Waals surface area contributed by atoms with Gasteiger partial charge in [0.05, 0.1) is 7.11 Å². The topological polar surface area (TPSA) is 85.9 Å². The van der Waals surface area contributed by atoms with E-state index in [0.29, 0.717) is 36.0 Å². The lowest BCUT2D eigenvalue weighted by Crippen LogP contribution is -2.41. The van der Waals surface area contributed by atoms with Crippen LogP contribution in [0.3, 0.4) is 0 Å². The third kappa shape index (κ3) is 3.65. The highest BCUT2D eigenvalue weighted by atomic mass is 16.6. The molecular weight excluding hydrogens is 324 g/mol. The SMILES string of the molecule is COc1cc(C(=O)NNC(=O)c2ccc(C)cc2)cc2c1OCCO2. The molecule has 0 saturated heterocycles. The number of nitrogens with one attached hydrogen (secondary N) is 2. The highest BCUT2D eigenvalue weighted by molar-refractivity contribution is 5.99. The molecular formula is C18H18N2O5. The van der Waals surface area contributed by atoms with Gasteiger partial charge in [0, 0.05) is 11.1 Å². The molecule has 2 aromatic carbocycles. The van der Waals surface area contributed by atoms with E-state index in [1.54, 1.807) is 18.2 Å². The molecule has 0 spiro atoms. The number of hydrazine groups is 1. The van der Waals surface area contributed by atoms with E-state index in [9.17, 15) is 9.59 Å². The second-order valence-electron chi connectivity index (χ2n) is 5.48. The Kier molecular flexibility index (Phi) is 4.74. The summed E-state index contributed by atoms with van der Waals surface area (Å²) in [5.74, 6) is 0.399. The summed E-state index contributed by atoms with van der Waals surface area (Å²) < 4.78 is 16.2. The van der Waals surface area contributed by atoms with Crippen molar-refractivity contribution in [1.29, 1.82) is 0 Å². The fourth-order valence-electron chi connectivity index (χ4n) is 2.37. The highest BCUT2D eigenvalue weighted by Gasteiger charge is 2.21. The number of methoxy groups -OCH3 is 1. The standard InChI is InChI=1S/C18H18N2O5/c1-11-3-5-12(6-4-11)17(21)19-20-18(22)13-9-14(23-2)16-15(10-13)24-7-8-25-16/h3-6,9-10H,7-8H2,1-2H3,(H,19,21)(H,20,22). The molecule has 130 valence electrons. The van der Waals surface area contributed by atoms with E-state index >= 15 is 0 Å². The van der Waals surface area contributed by atoms with Crippen LogP contribution in [-0.4, -0.2) is 32.1 Å². The Morgan fingerprint density at radius 2 is 1.60 bits per heavy atom. The van der Waals surface area contributed by atoms with Crippen LogP contribution in [0.15, 0.2) is 36.4 Å². The molecule has 2 amide bonds. The predicted molar refractivity (Wildman–Crippen MR) is 90.1 cm³/mol. The number of ether oxygens (including phenoxy) is 3. The van der Waals surface area contributed by atoms with Gasteiger partial charge < -0.3 is 14.2 Å². The molecule has 3 rings (SSSR count). The van der Waals surface area contributed by atoms with Crippen molar-refractivity contribution in [1.82, 2.24) is 10.9 Å². The van der Waals surface area contributed by atoms with Crippen molar-refractivity contribution in [2.75, 3.05) is 20.3 Å². The maximum absolute atomic E-state index is 12.3. The number of carbonyl (C=O) groups is 2. The van der Waals surface area contributed by atoms with Gasteiger partial charge in [-0.3, -0.25) is 20.4 Å². The quantitative estimate of drug-likeness (QED) is 0.832. The molecule has 7 heteroatoms. The van der Waals surface area contributed by atoms with Crippen LogP contribution in [0, 0.1) is 6.92 Å². The van der Waals surface area contributed by atoms with E-state index in [2.05, 4.69) is 10.9 Å². The second-order valence-corrected chi connectivity index (χ2v) is 5.48. The Hall–Kier alpha value is -3.22. The first kappa shape index (κ1) is 16.6. The second kappa shape index (κ2) is 7.12. The van der Waals surface area contributed by atoms with Gasteiger partial charge in [-0.05, 0) is 31.2 Å². The smallest absolute Gasteiger partial charge is 0.269 e. The number of hydrogen-bond acceptors (Lipinski definition) is 5. The fraction of sp³-hybridized carbons (Fsp3) is 0.222. The molecule has 0 atom stereocenters. The maximum Gasteiger partial charge on any atom is 0.269 e. The van der Waals surface area contributed by atoms with Gasteiger partial charge >= 0.3 is 0 Å². The summed E-state index contributed by atoms with van der Waals surface area (Å²) >= 11 is 0. The van der Waals surface area contributed by atoms with Gasteiger partial charge in [0.2, 0.25) is 5.75 Å². The van der Waals surface area contributed by atoms with E-state index in [1.807, 2.05) is 19.1 Å². The Morgan fingerprint density at radius 1 is 0.960 bits per heavy atom. The third-order valence-electron chi connectivity index (χ3n) is 3.69. The zero-order valence-corrected chi connectivity index (χ0v) is 13.9. The monoisotopic (exact) mass is 342 g/mol. The van der Waals surface area contributed by atoms with Crippen LogP contribution in [-0.2, 0) is 0 Å². The van der Waals surface area contributed by atoms with E-state index in [-0.39, 0.29) is 5.56 Å². The van der Waals surface area contributed by atoms with Crippen molar-refractivity contribution in [2.45, 2.75) is 6.92 Å².